The van der Waals surface area contributed by atoms with Crippen molar-refractivity contribution in [3.8, 4) is 5.75 Å². The number of carbonyl (C=O) groups is 1. The van der Waals surface area contributed by atoms with Gasteiger partial charge in [0, 0.05) is 11.3 Å². The van der Waals surface area contributed by atoms with Crippen LogP contribution in [0.2, 0.25) is 0 Å². The molecule has 3 heteroatoms. The maximum atomic E-state index is 11.3. The van der Waals surface area contributed by atoms with Crippen LogP contribution in [0.15, 0.2) is 35.7 Å². The molecule has 0 spiro atoms. The zero-order chi connectivity index (χ0) is 13.7. The number of hydrogen-bond acceptors (Lipinski definition) is 3. The number of thiophene rings is 1. The van der Waals surface area contributed by atoms with Gasteiger partial charge in [0.25, 0.3) is 0 Å². The Morgan fingerprint density at radius 3 is 2.79 bits per heavy atom. The monoisotopic (exact) mass is 272 g/mol. The molecule has 0 atom stereocenters. The summed E-state index contributed by atoms with van der Waals surface area (Å²) >= 11 is 1.70. The Balaban J connectivity index is 2.12. The molecular weight excluding hydrogens is 256 g/mol. The second-order valence-corrected chi connectivity index (χ2v) is 5.18. The molecule has 19 heavy (non-hydrogen) atoms. The Morgan fingerprint density at radius 1 is 1.32 bits per heavy atom. The van der Waals surface area contributed by atoms with Crippen molar-refractivity contribution in [2.45, 2.75) is 20.3 Å². The highest BCUT2D eigenvalue weighted by Gasteiger charge is 2.04. The van der Waals surface area contributed by atoms with Crippen molar-refractivity contribution in [3.63, 3.8) is 0 Å². The van der Waals surface area contributed by atoms with Crippen molar-refractivity contribution in [2.24, 2.45) is 0 Å². The molecule has 0 bridgehead atoms. The molecule has 2 aromatic rings. The van der Waals surface area contributed by atoms with Crippen LogP contribution in [-0.4, -0.2) is 5.97 Å². The third kappa shape index (κ3) is 3.80. The summed E-state index contributed by atoms with van der Waals surface area (Å²) in [5, 5.41) is 2.05. The molecule has 0 N–H and O–H groups in total. The quantitative estimate of drug-likeness (QED) is 0.603. The Hall–Kier alpha value is -1.87. The van der Waals surface area contributed by atoms with E-state index in [1.165, 1.54) is 4.88 Å². The first kappa shape index (κ1) is 13.6. The van der Waals surface area contributed by atoms with Gasteiger partial charge in [-0.2, -0.15) is 0 Å². The Labute approximate surface area is 117 Å². The van der Waals surface area contributed by atoms with Crippen LogP contribution >= 0.6 is 11.3 Å². The van der Waals surface area contributed by atoms with Crippen molar-refractivity contribution in [2.75, 3.05) is 0 Å². The highest BCUT2D eigenvalue weighted by Crippen LogP contribution is 2.21. The van der Waals surface area contributed by atoms with E-state index in [4.69, 9.17) is 4.74 Å². The van der Waals surface area contributed by atoms with Crippen LogP contribution < -0.4 is 4.74 Å². The van der Waals surface area contributed by atoms with Crippen LogP contribution in [0, 0.1) is 6.92 Å². The number of hydrogen-bond donors (Lipinski definition) is 0. The van der Waals surface area contributed by atoms with E-state index in [0.29, 0.717) is 12.2 Å². The molecule has 0 fully saturated rings. The van der Waals surface area contributed by atoms with Crippen molar-refractivity contribution >= 4 is 29.5 Å². The standard InChI is InChI=1S/C16H16O2S/c1-3-16(17)18-15-9-7-13(11-12(15)2)6-8-14-5-4-10-19-14/h4-11H,3H2,1-2H3/b8-6+. The van der Waals surface area contributed by atoms with E-state index in [2.05, 4.69) is 23.6 Å². The van der Waals surface area contributed by atoms with E-state index in [9.17, 15) is 4.79 Å². The predicted molar refractivity (Wildman–Crippen MR) is 80.4 cm³/mol. The first-order valence-corrected chi connectivity index (χ1v) is 7.10. The molecule has 0 aliphatic carbocycles. The van der Waals surface area contributed by atoms with Crippen molar-refractivity contribution in [3.05, 3.63) is 51.7 Å². The molecule has 0 aliphatic heterocycles. The molecule has 1 aromatic carbocycles. The molecule has 1 heterocycles. The summed E-state index contributed by atoms with van der Waals surface area (Å²) in [6.45, 7) is 3.73. The number of esters is 1. The van der Waals surface area contributed by atoms with Crippen molar-refractivity contribution in [1.29, 1.82) is 0 Å². The van der Waals surface area contributed by atoms with Gasteiger partial charge in [-0.1, -0.05) is 25.1 Å². The van der Waals surface area contributed by atoms with Gasteiger partial charge in [-0.25, -0.2) is 0 Å². The first-order chi connectivity index (χ1) is 9.19. The van der Waals surface area contributed by atoms with Crippen molar-refractivity contribution < 1.29 is 9.53 Å². The molecule has 0 unspecified atom stereocenters. The number of aryl methyl sites for hydroxylation is 1. The molecule has 0 amide bonds. The van der Waals surface area contributed by atoms with Crippen LogP contribution in [0.4, 0.5) is 0 Å². The highest BCUT2D eigenvalue weighted by molar-refractivity contribution is 7.10. The maximum absolute atomic E-state index is 11.3. The fourth-order valence-electron chi connectivity index (χ4n) is 1.65. The van der Waals surface area contributed by atoms with Gasteiger partial charge >= 0.3 is 5.97 Å². The predicted octanol–water partition coefficient (Wildman–Crippen LogP) is 4.54. The molecule has 98 valence electrons. The molecule has 0 saturated carbocycles. The van der Waals surface area contributed by atoms with E-state index in [-0.39, 0.29) is 5.97 Å². The van der Waals surface area contributed by atoms with Crippen LogP contribution in [0.25, 0.3) is 12.2 Å². The molecule has 1 aromatic heterocycles. The van der Waals surface area contributed by atoms with E-state index < -0.39 is 0 Å². The second-order valence-electron chi connectivity index (χ2n) is 4.20. The van der Waals surface area contributed by atoms with Crippen LogP contribution in [-0.2, 0) is 4.79 Å². The lowest BCUT2D eigenvalue weighted by molar-refractivity contribution is -0.134. The molecule has 2 rings (SSSR count). The zero-order valence-corrected chi connectivity index (χ0v) is 11.9. The van der Waals surface area contributed by atoms with E-state index in [1.54, 1.807) is 18.3 Å². The highest BCUT2D eigenvalue weighted by atomic mass is 32.1. The third-order valence-electron chi connectivity index (χ3n) is 2.69. The minimum absolute atomic E-state index is 0.204. The van der Waals surface area contributed by atoms with Gasteiger partial charge in [0.05, 0.1) is 0 Å². The summed E-state index contributed by atoms with van der Waals surface area (Å²) in [7, 11) is 0. The lowest BCUT2D eigenvalue weighted by Crippen LogP contribution is -2.06. The second kappa shape index (κ2) is 6.34. The Bertz CT molecular complexity index is 583. The fourth-order valence-corrected chi connectivity index (χ4v) is 2.27. The smallest absolute Gasteiger partial charge is 0.310 e. The third-order valence-corrected chi connectivity index (χ3v) is 3.53. The van der Waals surface area contributed by atoms with Crippen LogP contribution in [0.3, 0.4) is 0 Å². The van der Waals surface area contributed by atoms with Gasteiger partial charge in [-0.3, -0.25) is 4.79 Å². The normalized spacial score (nSPS) is 10.8. The van der Waals surface area contributed by atoms with Crippen LogP contribution in [0.1, 0.15) is 29.3 Å². The summed E-state index contributed by atoms with van der Waals surface area (Å²) in [6, 6.07) is 9.92. The fraction of sp³-hybridized carbons (Fsp3) is 0.188. The van der Waals surface area contributed by atoms with Crippen molar-refractivity contribution in [1.82, 2.24) is 0 Å². The molecule has 0 saturated heterocycles. The van der Waals surface area contributed by atoms with E-state index >= 15 is 0 Å². The Morgan fingerprint density at radius 2 is 2.16 bits per heavy atom. The van der Waals surface area contributed by atoms with E-state index in [1.807, 2.05) is 31.2 Å². The number of carbonyl (C=O) groups excluding carboxylic acids is 1. The van der Waals surface area contributed by atoms with Gasteiger partial charge in [0.1, 0.15) is 5.75 Å². The van der Waals surface area contributed by atoms with Gasteiger partial charge < -0.3 is 4.74 Å². The summed E-state index contributed by atoms with van der Waals surface area (Å²) < 4.78 is 5.24. The van der Waals surface area contributed by atoms with Crippen LogP contribution in [0.5, 0.6) is 5.75 Å². The number of ether oxygens (including phenoxy) is 1. The SMILES string of the molecule is CCC(=O)Oc1ccc(/C=C/c2cccs2)cc1C. The summed E-state index contributed by atoms with van der Waals surface area (Å²) in [5.74, 6) is 0.435. The lowest BCUT2D eigenvalue weighted by Gasteiger charge is -2.06. The van der Waals surface area contributed by atoms with Gasteiger partial charge in [0.15, 0.2) is 0 Å². The maximum Gasteiger partial charge on any atom is 0.310 e. The van der Waals surface area contributed by atoms with Gasteiger partial charge in [-0.15, -0.1) is 11.3 Å². The molecule has 0 aliphatic rings. The molecular formula is C16H16O2S. The lowest BCUT2D eigenvalue weighted by atomic mass is 10.1. The largest absolute Gasteiger partial charge is 0.426 e. The Kier molecular flexibility index (Phi) is 4.53. The summed E-state index contributed by atoms with van der Waals surface area (Å²) in [4.78, 5) is 12.5. The minimum Gasteiger partial charge on any atom is -0.426 e. The number of rotatable bonds is 4. The van der Waals surface area contributed by atoms with E-state index in [0.717, 1.165) is 11.1 Å². The zero-order valence-electron chi connectivity index (χ0n) is 11.1. The average Bonchev–Trinajstić information content (AvgIpc) is 2.92. The summed E-state index contributed by atoms with van der Waals surface area (Å²) in [5.41, 5.74) is 2.07. The van der Waals surface area contributed by atoms with Gasteiger partial charge in [-0.05, 0) is 47.7 Å². The first-order valence-electron chi connectivity index (χ1n) is 6.22. The van der Waals surface area contributed by atoms with Gasteiger partial charge in [0.2, 0.25) is 0 Å². The molecule has 0 radical (unpaired) electrons. The minimum atomic E-state index is -0.204. The molecule has 2 nitrogen and oxygen atoms in total. The number of benzene rings is 1. The topological polar surface area (TPSA) is 26.3 Å². The summed E-state index contributed by atoms with van der Waals surface area (Å²) in [6.07, 6.45) is 4.53. The average molecular weight is 272 g/mol.